The third kappa shape index (κ3) is 3.10. The van der Waals surface area contributed by atoms with E-state index in [1.54, 1.807) is 0 Å². The monoisotopic (exact) mass is 253 g/mol. The molecule has 0 aliphatic rings. The van der Waals surface area contributed by atoms with Gasteiger partial charge in [-0.1, -0.05) is 11.6 Å². The number of methoxy groups -OCH3 is 1. The second-order valence-electron chi connectivity index (χ2n) is 3.30. The molecule has 0 aromatic heterocycles. The third-order valence-corrected chi connectivity index (χ3v) is 2.41. The fourth-order valence-corrected chi connectivity index (χ4v) is 1.53. The maximum Gasteiger partial charge on any atom is 0.416 e. The molecule has 0 aliphatic carbocycles. The summed E-state index contributed by atoms with van der Waals surface area (Å²) in [7, 11) is 1.42. The number of rotatable bonds is 3. The lowest BCUT2D eigenvalue weighted by Crippen LogP contribution is -2.17. The number of halogens is 4. The van der Waals surface area contributed by atoms with Gasteiger partial charge < -0.3 is 10.5 Å². The molecule has 0 spiro atoms. The molecule has 16 heavy (non-hydrogen) atoms. The Morgan fingerprint density at radius 2 is 2.06 bits per heavy atom. The van der Waals surface area contributed by atoms with Crippen molar-refractivity contribution < 1.29 is 17.9 Å². The molecule has 0 aliphatic heterocycles. The number of hydrogen-bond acceptors (Lipinski definition) is 2. The molecular formula is C10H11ClF3NO. The first-order valence-corrected chi connectivity index (χ1v) is 4.85. The van der Waals surface area contributed by atoms with Crippen LogP contribution in [0.4, 0.5) is 13.2 Å². The van der Waals surface area contributed by atoms with E-state index in [4.69, 9.17) is 22.1 Å². The summed E-state index contributed by atoms with van der Waals surface area (Å²) in [5.74, 6) is 0. The Balaban J connectivity index is 3.09. The standard InChI is InChI=1S/C10H11ClF3NO/c1-16-5-9(15)7-4-6(10(12,13)14)2-3-8(7)11/h2-4,9H,5,15H2,1H3/t9-/m1/s1. The highest BCUT2D eigenvalue weighted by Gasteiger charge is 2.31. The van der Waals surface area contributed by atoms with Crippen molar-refractivity contribution in [1.82, 2.24) is 0 Å². The first kappa shape index (κ1) is 13.3. The molecule has 90 valence electrons. The zero-order valence-electron chi connectivity index (χ0n) is 8.51. The molecule has 0 saturated heterocycles. The topological polar surface area (TPSA) is 35.2 Å². The largest absolute Gasteiger partial charge is 0.416 e. The van der Waals surface area contributed by atoms with E-state index in [1.165, 1.54) is 13.2 Å². The Labute approximate surface area is 96.1 Å². The van der Waals surface area contributed by atoms with Crippen molar-refractivity contribution in [2.45, 2.75) is 12.2 Å². The molecule has 0 amide bonds. The van der Waals surface area contributed by atoms with Gasteiger partial charge in [-0.2, -0.15) is 13.2 Å². The molecule has 0 saturated carbocycles. The van der Waals surface area contributed by atoms with Crippen LogP contribution >= 0.6 is 11.6 Å². The summed E-state index contributed by atoms with van der Waals surface area (Å²) in [6, 6.07) is 2.40. The summed E-state index contributed by atoms with van der Waals surface area (Å²) in [4.78, 5) is 0. The summed E-state index contributed by atoms with van der Waals surface area (Å²) in [5, 5.41) is 0.206. The molecule has 0 heterocycles. The number of nitrogens with two attached hydrogens (primary N) is 1. The van der Waals surface area contributed by atoms with Crippen LogP contribution in [0.5, 0.6) is 0 Å². The molecular weight excluding hydrogens is 243 g/mol. The molecule has 2 N–H and O–H groups in total. The summed E-state index contributed by atoms with van der Waals surface area (Å²) in [6.45, 7) is 0.112. The minimum Gasteiger partial charge on any atom is -0.383 e. The van der Waals surface area contributed by atoms with Crippen LogP contribution in [-0.4, -0.2) is 13.7 Å². The van der Waals surface area contributed by atoms with Gasteiger partial charge in [-0.15, -0.1) is 0 Å². The Kier molecular flexibility index (Phi) is 4.18. The predicted molar refractivity (Wildman–Crippen MR) is 55.3 cm³/mol. The molecule has 0 unspecified atom stereocenters. The van der Waals surface area contributed by atoms with Gasteiger partial charge in [-0.05, 0) is 23.8 Å². The van der Waals surface area contributed by atoms with Gasteiger partial charge in [0.1, 0.15) is 0 Å². The molecule has 0 bridgehead atoms. The van der Waals surface area contributed by atoms with E-state index < -0.39 is 17.8 Å². The average molecular weight is 254 g/mol. The minimum absolute atomic E-state index is 0.112. The van der Waals surface area contributed by atoms with Crippen LogP contribution in [-0.2, 0) is 10.9 Å². The molecule has 0 fully saturated rings. The molecule has 0 radical (unpaired) electrons. The Hall–Kier alpha value is -0.780. The molecule has 6 heteroatoms. The van der Waals surface area contributed by atoms with Crippen molar-refractivity contribution in [1.29, 1.82) is 0 Å². The normalized spacial score (nSPS) is 13.9. The van der Waals surface area contributed by atoms with Gasteiger partial charge in [0.25, 0.3) is 0 Å². The number of alkyl halides is 3. The van der Waals surface area contributed by atoms with Gasteiger partial charge >= 0.3 is 6.18 Å². The Bertz CT molecular complexity index is 368. The third-order valence-electron chi connectivity index (χ3n) is 2.07. The van der Waals surface area contributed by atoms with E-state index in [1.807, 2.05) is 0 Å². The van der Waals surface area contributed by atoms with Crippen LogP contribution in [0.25, 0.3) is 0 Å². The zero-order valence-corrected chi connectivity index (χ0v) is 9.27. The van der Waals surface area contributed by atoms with Crippen LogP contribution in [0, 0.1) is 0 Å². The van der Waals surface area contributed by atoms with Crippen LogP contribution in [0.2, 0.25) is 5.02 Å². The smallest absolute Gasteiger partial charge is 0.383 e. The molecule has 1 atom stereocenters. The summed E-state index contributed by atoms with van der Waals surface area (Å²) < 4.78 is 42.1. The molecule has 1 rings (SSSR count). The maximum atomic E-state index is 12.4. The fourth-order valence-electron chi connectivity index (χ4n) is 1.27. The van der Waals surface area contributed by atoms with Crippen LogP contribution in [0.1, 0.15) is 17.2 Å². The van der Waals surface area contributed by atoms with Gasteiger partial charge in [-0.25, -0.2) is 0 Å². The van der Waals surface area contributed by atoms with E-state index >= 15 is 0 Å². The van der Waals surface area contributed by atoms with Gasteiger partial charge in [0.05, 0.1) is 18.2 Å². The summed E-state index contributed by atoms with van der Waals surface area (Å²) in [5.41, 5.74) is 5.11. The summed E-state index contributed by atoms with van der Waals surface area (Å²) in [6.07, 6.45) is -4.40. The van der Waals surface area contributed by atoms with Crippen LogP contribution < -0.4 is 5.73 Å². The van der Waals surface area contributed by atoms with Gasteiger partial charge in [0.15, 0.2) is 0 Å². The van der Waals surface area contributed by atoms with Gasteiger partial charge in [0, 0.05) is 12.1 Å². The van der Waals surface area contributed by atoms with Crippen molar-refractivity contribution >= 4 is 11.6 Å². The maximum absolute atomic E-state index is 12.4. The lowest BCUT2D eigenvalue weighted by Gasteiger charge is -2.15. The van der Waals surface area contributed by atoms with Gasteiger partial charge in [-0.3, -0.25) is 0 Å². The van der Waals surface area contributed by atoms with Crippen LogP contribution in [0.3, 0.4) is 0 Å². The molecule has 2 nitrogen and oxygen atoms in total. The van der Waals surface area contributed by atoms with E-state index in [2.05, 4.69) is 0 Å². The summed E-state index contributed by atoms with van der Waals surface area (Å²) >= 11 is 5.77. The van der Waals surface area contributed by atoms with E-state index in [9.17, 15) is 13.2 Å². The van der Waals surface area contributed by atoms with E-state index in [-0.39, 0.29) is 17.2 Å². The lowest BCUT2D eigenvalue weighted by molar-refractivity contribution is -0.137. The number of ether oxygens (including phenoxy) is 1. The average Bonchev–Trinajstić information content (AvgIpc) is 2.16. The second kappa shape index (κ2) is 5.03. The highest BCUT2D eigenvalue weighted by Crippen LogP contribution is 2.33. The first-order chi connectivity index (χ1) is 7.36. The van der Waals surface area contributed by atoms with Crippen LogP contribution in [0.15, 0.2) is 18.2 Å². The highest BCUT2D eigenvalue weighted by atomic mass is 35.5. The lowest BCUT2D eigenvalue weighted by atomic mass is 10.0. The second-order valence-corrected chi connectivity index (χ2v) is 3.70. The molecule has 1 aromatic carbocycles. The Morgan fingerprint density at radius 1 is 1.44 bits per heavy atom. The SMILES string of the molecule is COC[C@@H](N)c1cc(C(F)(F)F)ccc1Cl. The van der Waals surface area contributed by atoms with Gasteiger partial charge in [0.2, 0.25) is 0 Å². The van der Waals surface area contributed by atoms with Crippen molar-refractivity contribution in [3.8, 4) is 0 Å². The zero-order chi connectivity index (χ0) is 12.3. The van der Waals surface area contributed by atoms with Crippen molar-refractivity contribution in [3.63, 3.8) is 0 Å². The first-order valence-electron chi connectivity index (χ1n) is 4.47. The Morgan fingerprint density at radius 3 is 2.56 bits per heavy atom. The van der Waals surface area contributed by atoms with Crippen molar-refractivity contribution in [2.24, 2.45) is 5.73 Å². The fraction of sp³-hybridized carbons (Fsp3) is 0.400. The van der Waals surface area contributed by atoms with E-state index in [0.29, 0.717) is 0 Å². The highest BCUT2D eigenvalue weighted by molar-refractivity contribution is 6.31. The van der Waals surface area contributed by atoms with Crippen molar-refractivity contribution in [2.75, 3.05) is 13.7 Å². The minimum atomic E-state index is -4.40. The van der Waals surface area contributed by atoms with E-state index in [0.717, 1.165) is 12.1 Å². The quantitative estimate of drug-likeness (QED) is 0.899. The number of benzene rings is 1. The predicted octanol–water partition coefficient (Wildman–Crippen LogP) is 3.01. The van der Waals surface area contributed by atoms with Crippen molar-refractivity contribution in [3.05, 3.63) is 34.3 Å². The number of hydrogen-bond donors (Lipinski definition) is 1. The molecule has 1 aromatic rings.